The molecule has 1 aliphatic heterocycles. The molecule has 2 heterocycles. The third-order valence-corrected chi connectivity index (χ3v) is 3.16. The van der Waals surface area contributed by atoms with E-state index in [9.17, 15) is 19.1 Å². The molecule has 1 saturated heterocycles. The number of hydrogen-bond acceptors (Lipinski definition) is 7. The van der Waals surface area contributed by atoms with Gasteiger partial charge in [0.15, 0.2) is 12.4 Å². The third-order valence-electron chi connectivity index (χ3n) is 3.16. The molecular formula is C12H14FN3O6. The fourth-order valence-electron chi connectivity index (χ4n) is 2.05. The Morgan fingerprint density at radius 2 is 2.27 bits per heavy atom. The van der Waals surface area contributed by atoms with Crippen LogP contribution in [0.15, 0.2) is 17.1 Å². The number of nitrogen functional groups attached to an aromatic ring is 1. The number of anilines is 1. The summed E-state index contributed by atoms with van der Waals surface area (Å²) in [6.45, 7) is -0.624. The highest BCUT2D eigenvalue weighted by Crippen LogP contribution is 2.31. The van der Waals surface area contributed by atoms with E-state index >= 15 is 0 Å². The monoisotopic (exact) mass is 315 g/mol. The molecule has 4 atom stereocenters. The Morgan fingerprint density at radius 3 is 2.82 bits per heavy atom. The van der Waals surface area contributed by atoms with Crippen molar-refractivity contribution in [2.45, 2.75) is 24.6 Å². The quantitative estimate of drug-likeness (QED) is 0.491. The second kappa shape index (κ2) is 6.22. The van der Waals surface area contributed by atoms with Crippen molar-refractivity contribution in [3.63, 3.8) is 0 Å². The number of aliphatic carboxylic acids is 1. The Hall–Kier alpha value is -2.30. The molecule has 1 fully saturated rings. The first-order chi connectivity index (χ1) is 10.3. The zero-order valence-electron chi connectivity index (χ0n) is 11.2. The lowest BCUT2D eigenvalue weighted by atomic mass is 10.1. The van der Waals surface area contributed by atoms with E-state index in [1.54, 1.807) is 0 Å². The normalized spacial score (nSPS) is 28.3. The SMILES string of the molecule is Nc1nc(=O)n([C@@H]2O[C@H](CO)[C@@H](O)[C@@H]2F)cc1/C=C/C(=O)O. The second-order valence-corrected chi connectivity index (χ2v) is 4.63. The molecule has 0 aromatic carbocycles. The number of halogens is 1. The number of carboxylic acid groups (broad SMARTS) is 1. The van der Waals surface area contributed by atoms with Crippen LogP contribution < -0.4 is 11.4 Å². The Kier molecular flexibility index (Phi) is 4.54. The summed E-state index contributed by atoms with van der Waals surface area (Å²) in [5, 5.41) is 27.1. The molecule has 120 valence electrons. The Bertz CT molecular complexity index is 661. The Balaban J connectivity index is 2.41. The summed E-state index contributed by atoms with van der Waals surface area (Å²) in [5.74, 6) is -1.47. The van der Waals surface area contributed by atoms with E-state index in [1.807, 2.05) is 0 Å². The van der Waals surface area contributed by atoms with Gasteiger partial charge in [0.2, 0.25) is 0 Å². The largest absolute Gasteiger partial charge is 0.478 e. The summed E-state index contributed by atoms with van der Waals surface area (Å²) in [6, 6.07) is 0. The fourth-order valence-corrected chi connectivity index (χ4v) is 2.05. The van der Waals surface area contributed by atoms with Crippen LogP contribution in [-0.4, -0.2) is 55.8 Å². The van der Waals surface area contributed by atoms with Crippen LogP contribution >= 0.6 is 0 Å². The maximum absolute atomic E-state index is 14.0. The first-order valence-corrected chi connectivity index (χ1v) is 6.23. The standard InChI is InChI=1S/C12H14FN3O6/c13-8-9(20)6(4-17)22-11(8)16-3-5(1-2-7(18)19)10(14)15-12(16)21/h1-3,6,8-9,11,17,20H,4H2,(H,18,19)(H2,14,15,21)/b2-1+/t6-,8+,9-,11-/m1/s1. The van der Waals surface area contributed by atoms with E-state index < -0.39 is 42.9 Å². The van der Waals surface area contributed by atoms with Gasteiger partial charge in [-0.05, 0) is 6.08 Å². The van der Waals surface area contributed by atoms with Crippen molar-refractivity contribution in [1.82, 2.24) is 9.55 Å². The molecule has 0 bridgehead atoms. The number of aliphatic hydroxyl groups excluding tert-OH is 2. The van der Waals surface area contributed by atoms with Crippen molar-refractivity contribution < 1.29 is 29.2 Å². The van der Waals surface area contributed by atoms with Crippen molar-refractivity contribution in [3.05, 3.63) is 28.3 Å². The minimum Gasteiger partial charge on any atom is -0.478 e. The number of rotatable bonds is 4. The highest BCUT2D eigenvalue weighted by molar-refractivity contribution is 5.86. The first-order valence-electron chi connectivity index (χ1n) is 6.23. The van der Waals surface area contributed by atoms with Gasteiger partial charge in [0, 0.05) is 17.8 Å². The van der Waals surface area contributed by atoms with Crippen LogP contribution in [0.25, 0.3) is 6.08 Å². The molecular weight excluding hydrogens is 301 g/mol. The van der Waals surface area contributed by atoms with Crippen molar-refractivity contribution in [2.24, 2.45) is 0 Å². The second-order valence-electron chi connectivity index (χ2n) is 4.63. The van der Waals surface area contributed by atoms with Gasteiger partial charge in [0.05, 0.1) is 6.61 Å². The Morgan fingerprint density at radius 1 is 1.59 bits per heavy atom. The number of carbonyl (C=O) groups is 1. The average Bonchev–Trinajstić information content (AvgIpc) is 2.74. The van der Waals surface area contributed by atoms with Crippen LogP contribution in [0.2, 0.25) is 0 Å². The molecule has 0 spiro atoms. The summed E-state index contributed by atoms with van der Waals surface area (Å²) in [6.07, 6.45) is -3.30. The highest BCUT2D eigenvalue weighted by atomic mass is 19.1. The summed E-state index contributed by atoms with van der Waals surface area (Å²) in [4.78, 5) is 25.8. The molecule has 5 N–H and O–H groups in total. The lowest BCUT2D eigenvalue weighted by Crippen LogP contribution is -2.34. The van der Waals surface area contributed by atoms with Crippen molar-refractivity contribution in [3.8, 4) is 0 Å². The van der Waals surface area contributed by atoms with Gasteiger partial charge in [-0.3, -0.25) is 4.57 Å². The van der Waals surface area contributed by atoms with Gasteiger partial charge in [0.1, 0.15) is 18.0 Å². The lowest BCUT2D eigenvalue weighted by Gasteiger charge is -2.16. The topological polar surface area (TPSA) is 148 Å². The van der Waals surface area contributed by atoms with Gasteiger partial charge < -0.3 is 25.8 Å². The van der Waals surface area contributed by atoms with E-state index in [0.717, 1.165) is 22.9 Å². The van der Waals surface area contributed by atoms with Crippen molar-refractivity contribution >= 4 is 17.9 Å². The number of nitrogens with two attached hydrogens (primary N) is 1. The fraction of sp³-hybridized carbons (Fsp3) is 0.417. The molecule has 2 rings (SSSR count). The molecule has 1 aromatic heterocycles. The molecule has 0 radical (unpaired) electrons. The smallest absolute Gasteiger partial charge is 0.351 e. The third kappa shape index (κ3) is 2.98. The molecule has 0 amide bonds. The van der Waals surface area contributed by atoms with E-state index in [1.165, 1.54) is 0 Å². The molecule has 1 aromatic rings. The molecule has 22 heavy (non-hydrogen) atoms. The molecule has 0 unspecified atom stereocenters. The maximum atomic E-state index is 14.0. The van der Waals surface area contributed by atoms with Crippen LogP contribution in [0.4, 0.5) is 10.2 Å². The zero-order valence-corrected chi connectivity index (χ0v) is 11.2. The number of carboxylic acids is 1. The minimum absolute atomic E-state index is 0.0692. The number of aromatic nitrogens is 2. The number of hydrogen-bond donors (Lipinski definition) is 4. The summed E-state index contributed by atoms with van der Waals surface area (Å²) >= 11 is 0. The van der Waals surface area contributed by atoms with E-state index in [2.05, 4.69) is 4.98 Å². The van der Waals surface area contributed by atoms with Crippen LogP contribution in [0.5, 0.6) is 0 Å². The van der Waals surface area contributed by atoms with Crippen molar-refractivity contribution in [2.75, 3.05) is 12.3 Å². The van der Waals surface area contributed by atoms with Crippen LogP contribution in [0, 0.1) is 0 Å². The van der Waals surface area contributed by atoms with Crippen molar-refractivity contribution in [1.29, 1.82) is 0 Å². The molecule has 9 nitrogen and oxygen atoms in total. The summed E-state index contributed by atoms with van der Waals surface area (Å²) in [5.41, 5.74) is 4.64. The number of nitrogens with zero attached hydrogens (tertiary/aromatic N) is 2. The number of ether oxygens (including phenoxy) is 1. The molecule has 10 heteroatoms. The summed E-state index contributed by atoms with van der Waals surface area (Å²) < 4.78 is 19.9. The van der Waals surface area contributed by atoms with Gasteiger partial charge >= 0.3 is 11.7 Å². The maximum Gasteiger partial charge on any atom is 0.351 e. The summed E-state index contributed by atoms with van der Waals surface area (Å²) in [7, 11) is 0. The zero-order chi connectivity index (χ0) is 16.4. The van der Waals surface area contributed by atoms with Gasteiger partial charge in [-0.1, -0.05) is 0 Å². The first kappa shape index (κ1) is 16.1. The molecule has 0 aliphatic carbocycles. The predicted octanol–water partition coefficient (Wildman–Crippen LogP) is -1.49. The number of alkyl halides is 1. The minimum atomic E-state index is -1.96. The van der Waals surface area contributed by atoms with Gasteiger partial charge in [-0.15, -0.1) is 0 Å². The predicted molar refractivity (Wildman–Crippen MR) is 71.5 cm³/mol. The highest BCUT2D eigenvalue weighted by Gasteiger charge is 2.45. The average molecular weight is 315 g/mol. The van der Waals surface area contributed by atoms with E-state index in [-0.39, 0.29) is 11.4 Å². The molecule has 0 saturated carbocycles. The van der Waals surface area contributed by atoms with E-state index in [4.69, 9.17) is 20.7 Å². The van der Waals surface area contributed by atoms with E-state index in [0.29, 0.717) is 0 Å². The van der Waals surface area contributed by atoms with Crippen LogP contribution in [0.1, 0.15) is 11.8 Å². The van der Waals surface area contributed by atoms with Gasteiger partial charge in [-0.25, -0.2) is 14.0 Å². The number of aliphatic hydroxyl groups is 2. The Labute approximate surface area is 123 Å². The molecule has 1 aliphatic rings. The van der Waals surface area contributed by atoms with Gasteiger partial charge in [0.25, 0.3) is 0 Å². The lowest BCUT2D eigenvalue weighted by molar-refractivity contribution is -0.131. The van der Waals surface area contributed by atoms with Crippen LogP contribution in [0.3, 0.4) is 0 Å². The van der Waals surface area contributed by atoms with Gasteiger partial charge in [-0.2, -0.15) is 4.98 Å². The van der Waals surface area contributed by atoms with Crippen LogP contribution in [-0.2, 0) is 9.53 Å².